The van der Waals surface area contributed by atoms with Crippen molar-refractivity contribution in [1.82, 2.24) is 5.01 Å². The molecule has 0 atom stereocenters. The van der Waals surface area contributed by atoms with Gasteiger partial charge in [0.15, 0.2) is 5.84 Å². The van der Waals surface area contributed by atoms with Gasteiger partial charge in [-0.25, -0.2) is 4.99 Å². The third-order valence-electron chi connectivity index (χ3n) is 2.31. The van der Waals surface area contributed by atoms with Crippen molar-refractivity contribution in [1.29, 1.82) is 0 Å². The fourth-order valence-corrected chi connectivity index (χ4v) is 2.02. The molecule has 3 rings (SSSR count). The van der Waals surface area contributed by atoms with Crippen molar-refractivity contribution in [2.24, 2.45) is 15.1 Å². The molecule has 0 fully saturated rings. The number of benzene rings is 1. The summed E-state index contributed by atoms with van der Waals surface area (Å²) in [6.07, 6.45) is 1.68. The van der Waals surface area contributed by atoms with E-state index in [9.17, 15) is 0 Å². The molecule has 4 nitrogen and oxygen atoms in total. The molecule has 0 bridgehead atoms. The number of rotatable bonds is 0. The number of hydrogen-bond donors (Lipinski definition) is 0. The average Bonchev–Trinajstić information content (AvgIpc) is 2.31. The summed E-state index contributed by atoms with van der Waals surface area (Å²) in [6, 6.07) is 5.41. The molecule has 0 spiro atoms. The van der Waals surface area contributed by atoms with E-state index in [0.29, 0.717) is 22.7 Å². The third kappa shape index (κ3) is 1.42. The largest absolute Gasteiger partial charge is 0.260 e. The molecule has 0 N–H and O–H groups in total. The van der Waals surface area contributed by atoms with Gasteiger partial charge in [-0.3, -0.25) is 4.99 Å². The van der Waals surface area contributed by atoms with E-state index in [1.165, 1.54) is 5.01 Å². The van der Waals surface area contributed by atoms with Crippen molar-refractivity contribution in [2.75, 3.05) is 6.54 Å². The zero-order valence-corrected chi connectivity index (χ0v) is 9.57. The van der Waals surface area contributed by atoms with E-state index in [4.69, 9.17) is 23.2 Å². The second-order valence-electron chi connectivity index (χ2n) is 3.32. The quantitative estimate of drug-likeness (QED) is 0.655. The van der Waals surface area contributed by atoms with E-state index in [2.05, 4.69) is 15.1 Å². The molecule has 1 aromatic carbocycles. The molecule has 6 heteroatoms. The molecule has 0 aromatic heterocycles. The monoisotopic (exact) mass is 252 g/mol. The van der Waals surface area contributed by atoms with Gasteiger partial charge in [0.25, 0.3) is 0 Å². The van der Waals surface area contributed by atoms with Gasteiger partial charge in [-0.2, -0.15) is 10.1 Å². The van der Waals surface area contributed by atoms with E-state index < -0.39 is 0 Å². The zero-order valence-electron chi connectivity index (χ0n) is 8.06. The van der Waals surface area contributed by atoms with Gasteiger partial charge in [0.2, 0.25) is 5.29 Å². The summed E-state index contributed by atoms with van der Waals surface area (Å²) in [5.41, 5.74) is 1.62. The molecular weight excluding hydrogens is 247 g/mol. The first-order valence-electron chi connectivity index (χ1n) is 4.67. The summed E-state index contributed by atoms with van der Waals surface area (Å²) in [4.78, 5) is 8.58. The fourth-order valence-electron chi connectivity index (χ4n) is 1.63. The van der Waals surface area contributed by atoms with Crippen LogP contribution in [0.2, 0.25) is 5.02 Å². The van der Waals surface area contributed by atoms with Gasteiger partial charge < -0.3 is 0 Å². The highest BCUT2D eigenvalue weighted by Gasteiger charge is 2.26. The van der Waals surface area contributed by atoms with Gasteiger partial charge >= 0.3 is 0 Å². The smallest absolute Gasteiger partial charge is 0.226 e. The van der Waals surface area contributed by atoms with E-state index in [-0.39, 0.29) is 0 Å². The Labute approximate surface area is 102 Å². The molecule has 0 radical (unpaired) electrons. The zero-order chi connectivity index (χ0) is 11.1. The summed E-state index contributed by atoms with van der Waals surface area (Å²) in [5, 5.41) is 6.58. The van der Waals surface area contributed by atoms with Crippen molar-refractivity contribution in [3.8, 4) is 0 Å². The summed E-state index contributed by atoms with van der Waals surface area (Å²) in [5.74, 6) is 0.694. The van der Waals surface area contributed by atoms with Crippen molar-refractivity contribution in [3.05, 3.63) is 28.8 Å². The van der Waals surface area contributed by atoms with Gasteiger partial charge in [-0.1, -0.05) is 11.6 Å². The molecule has 2 aliphatic rings. The molecule has 0 aliphatic carbocycles. The van der Waals surface area contributed by atoms with Gasteiger partial charge in [0.1, 0.15) is 0 Å². The molecule has 2 heterocycles. The average molecular weight is 253 g/mol. The lowest BCUT2D eigenvalue weighted by Crippen LogP contribution is -2.35. The van der Waals surface area contributed by atoms with Crippen LogP contribution >= 0.6 is 23.2 Å². The number of aliphatic imine (C=N–C) groups is 2. The SMILES string of the molecule is ClC1=Nc2ccc(Cl)cc2C2=NCC=NN12. The number of nitrogens with zero attached hydrogens (tertiary/aromatic N) is 4. The molecule has 0 unspecified atom stereocenters. The summed E-state index contributed by atoms with van der Waals surface area (Å²) >= 11 is 12.0. The first-order chi connectivity index (χ1) is 7.75. The standard InChI is InChI=1S/C10H6Cl2N4/c11-6-1-2-8-7(5-6)9-13-3-4-14-16(9)10(12)15-8/h1-2,4-5H,3H2. The van der Waals surface area contributed by atoms with Crippen LogP contribution in [0, 0.1) is 0 Å². The Bertz CT molecular complexity index is 548. The Hall–Kier alpha value is -1.39. The molecule has 2 aliphatic heterocycles. The predicted molar refractivity (Wildman–Crippen MR) is 66.1 cm³/mol. The van der Waals surface area contributed by atoms with Gasteiger partial charge in [0.05, 0.1) is 12.2 Å². The van der Waals surface area contributed by atoms with Gasteiger partial charge in [-0.15, -0.1) is 0 Å². The van der Waals surface area contributed by atoms with E-state index in [0.717, 1.165) is 11.3 Å². The van der Waals surface area contributed by atoms with Crippen molar-refractivity contribution in [2.45, 2.75) is 0 Å². The van der Waals surface area contributed by atoms with Crippen molar-refractivity contribution >= 4 is 46.2 Å². The first kappa shape index (κ1) is 9.81. The molecule has 0 amide bonds. The van der Waals surface area contributed by atoms with Crippen LogP contribution in [0.5, 0.6) is 0 Å². The van der Waals surface area contributed by atoms with Crippen LogP contribution in [0.1, 0.15) is 5.56 Å². The lowest BCUT2D eigenvalue weighted by Gasteiger charge is -2.26. The Morgan fingerprint density at radius 3 is 3.00 bits per heavy atom. The van der Waals surface area contributed by atoms with E-state index in [1.54, 1.807) is 12.3 Å². The van der Waals surface area contributed by atoms with Crippen molar-refractivity contribution < 1.29 is 0 Å². The Balaban J connectivity index is 2.24. The minimum Gasteiger partial charge on any atom is -0.260 e. The first-order valence-corrected chi connectivity index (χ1v) is 5.42. The second-order valence-corrected chi connectivity index (χ2v) is 4.09. The molecule has 0 saturated carbocycles. The van der Waals surface area contributed by atoms with E-state index >= 15 is 0 Å². The van der Waals surface area contributed by atoms with Crippen molar-refractivity contribution in [3.63, 3.8) is 0 Å². The summed E-state index contributed by atoms with van der Waals surface area (Å²) in [7, 11) is 0. The number of halogens is 2. The third-order valence-corrected chi connectivity index (χ3v) is 2.79. The van der Waals surface area contributed by atoms with Crippen LogP contribution in [0.15, 0.2) is 33.3 Å². The second kappa shape index (κ2) is 3.57. The Kier molecular flexibility index (Phi) is 2.19. The minimum atomic E-state index is 0.296. The Morgan fingerprint density at radius 1 is 1.25 bits per heavy atom. The van der Waals surface area contributed by atoms with Gasteiger partial charge in [-0.05, 0) is 29.8 Å². The summed E-state index contributed by atoms with van der Waals surface area (Å²) < 4.78 is 0. The lowest BCUT2D eigenvalue weighted by atomic mass is 10.1. The molecule has 80 valence electrons. The molecule has 1 aromatic rings. The lowest BCUT2D eigenvalue weighted by molar-refractivity contribution is 0.656. The van der Waals surface area contributed by atoms with E-state index in [1.807, 2.05) is 12.1 Å². The van der Waals surface area contributed by atoms with Crippen LogP contribution in [-0.2, 0) is 0 Å². The predicted octanol–water partition coefficient (Wildman–Crippen LogP) is 2.63. The number of amidine groups is 2. The highest BCUT2D eigenvalue weighted by molar-refractivity contribution is 6.66. The Morgan fingerprint density at radius 2 is 2.12 bits per heavy atom. The minimum absolute atomic E-state index is 0.296. The highest BCUT2D eigenvalue weighted by Crippen LogP contribution is 2.30. The van der Waals surface area contributed by atoms with Crippen LogP contribution in [0.3, 0.4) is 0 Å². The molecule has 0 saturated heterocycles. The highest BCUT2D eigenvalue weighted by atomic mass is 35.5. The number of hydrazone groups is 1. The topological polar surface area (TPSA) is 40.3 Å². The van der Waals surface area contributed by atoms with Crippen LogP contribution in [0.4, 0.5) is 5.69 Å². The maximum absolute atomic E-state index is 6.01. The van der Waals surface area contributed by atoms with Crippen LogP contribution in [-0.4, -0.2) is 28.9 Å². The maximum Gasteiger partial charge on any atom is 0.226 e. The normalized spacial score (nSPS) is 17.5. The summed E-state index contributed by atoms with van der Waals surface area (Å²) in [6.45, 7) is 0.544. The maximum atomic E-state index is 6.01. The van der Waals surface area contributed by atoms with Gasteiger partial charge in [0, 0.05) is 16.8 Å². The number of fused-ring (bicyclic) bond motifs is 3. The van der Waals surface area contributed by atoms with Crippen LogP contribution in [0.25, 0.3) is 0 Å². The molecule has 16 heavy (non-hydrogen) atoms. The van der Waals surface area contributed by atoms with Crippen LogP contribution < -0.4 is 0 Å². The molecular formula is C10H6Cl2N4. The number of hydrogen-bond acceptors (Lipinski definition) is 4. The fraction of sp³-hybridized carbons (Fsp3) is 0.100.